The Kier molecular flexibility index (Phi) is 6.80. The summed E-state index contributed by atoms with van der Waals surface area (Å²) in [6.45, 7) is 1.87. The largest absolute Gasteiger partial charge is 0.496 e. The Morgan fingerprint density at radius 2 is 1.53 bits per heavy atom. The number of aliphatic hydroxyl groups excluding tert-OH is 1. The van der Waals surface area contributed by atoms with Gasteiger partial charge in [-0.3, -0.25) is 0 Å². The number of methoxy groups -OCH3 is 1. The van der Waals surface area contributed by atoms with Gasteiger partial charge in [-0.25, -0.2) is 0 Å². The van der Waals surface area contributed by atoms with Gasteiger partial charge in [-0.2, -0.15) is 13.2 Å². The first kappa shape index (κ1) is 21.9. The Balaban J connectivity index is 1.98. The fourth-order valence-electron chi connectivity index (χ4n) is 3.50. The summed E-state index contributed by atoms with van der Waals surface area (Å²) in [7, 11) is 1.33. The van der Waals surface area contributed by atoms with E-state index in [1.165, 1.54) is 19.2 Å². The molecule has 2 N–H and O–H groups in total. The van der Waals surface area contributed by atoms with Crippen molar-refractivity contribution in [2.75, 3.05) is 13.7 Å². The second-order valence-electron chi connectivity index (χ2n) is 7.03. The molecule has 0 radical (unpaired) electrons. The van der Waals surface area contributed by atoms with Gasteiger partial charge < -0.3 is 15.2 Å². The maximum absolute atomic E-state index is 14.1. The van der Waals surface area contributed by atoms with Crippen LogP contribution in [0.25, 0.3) is 11.1 Å². The molecule has 0 amide bonds. The molecular formula is C24H24F3NO2. The molecule has 0 saturated carbocycles. The summed E-state index contributed by atoms with van der Waals surface area (Å²) in [5, 5.41) is 13.8. The van der Waals surface area contributed by atoms with Crippen molar-refractivity contribution in [1.29, 1.82) is 0 Å². The highest BCUT2D eigenvalue weighted by atomic mass is 19.4. The number of rotatable bonds is 7. The van der Waals surface area contributed by atoms with Gasteiger partial charge in [-0.05, 0) is 29.7 Å². The van der Waals surface area contributed by atoms with Crippen LogP contribution in [0.15, 0.2) is 72.8 Å². The first-order chi connectivity index (χ1) is 14.3. The molecule has 2 atom stereocenters. The smallest absolute Gasteiger partial charge is 0.417 e. The van der Waals surface area contributed by atoms with Crippen LogP contribution >= 0.6 is 0 Å². The van der Waals surface area contributed by atoms with Crippen molar-refractivity contribution in [2.24, 2.45) is 0 Å². The number of hydrogen-bond acceptors (Lipinski definition) is 3. The highest BCUT2D eigenvalue weighted by Crippen LogP contribution is 2.45. The molecule has 6 heteroatoms. The first-order valence-corrected chi connectivity index (χ1v) is 9.62. The molecule has 3 aromatic carbocycles. The Labute approximate surface area is 174 Å². The number of halogens is 3. The molecule has 0 aliphatic heterocycles. The lowest BCUT2D eigenvalue weighted by Crippen LogP contribution is -2.26. The zero-order chi connectivity index (χ0) is 21.7. The van der Waals surface area contributed by atoms with E-state index in [2.05, 4.69) is 5.32 Å². The second-order valence-corrected chi connectivity index (χ2v) is 7.03. The standard InChI is InChI=1S/C24H24F3NO2/c1-16(17-9-5-3-6-10-17)28-15-20(29)19-13-14-21(30-2)22(23(19)24(25,26)27)18-11-7-4-8-12-18/h3-14,16,20,28-29H,15H2,1-2H3/t16-,20+/m1/s1. The zero-order valence-corrected chi connectivity index (χ0v) is 16.8. The van der Waals surface area contributed by atoms with E-state index in [0.29, 0.717) is 5.56 Å². The zero-order valence-electron chi connectivity index (χ0n) is 16.8. The number of nitrogens with one attached hydrogen (secondary N) is 1. The van der Waals surface area contributed by atoms with Gasteiger partial charge in [0.15, 0.2) is 0 Å². The lowest BCUT2D eigenvalue weighted by molar-refractivity contribution is -0.138. The molecule has 0 aliphatic carbocycles. The average molecular weight is 415 g/mol. The summed E-state index contributed by atoms with van der Waals surface area (Å²) >= 11 is 0. The van der Waals surface area contributed by atoms with Crippen molar-refractivity contribution < 1.29 is 23.0 Å². The highest BCUT2D eigenvalue weighted by molar-refractivity contribution is 5.76. The van der Waals surface area contributed by atoms with E-state index >= 15 is 0 Å². The molecule has 3 rings (SSSR count). The summed E-state index contributed by atoms with van der Waals surface area (Å²) in [5.74, 6) is 0.107. The van der Waals surface area contributed by atoms with Crippen molar-refractivity contribution in [1.82, 2.24) is 5.32 Å². The van der Waals surface area contributed by atoms with Crippen LogP contribution in [-0.2, 0) is 6.18 Å². The fraction of sp³-hybridized carbons (Fsp3) is 0.250. The summed E-state index contributed by atoms with van der Waals surface area (Å²) in [5.41, 5.74) is 0.227. The maximum atomic E-state index is 14.1. The monoisotopic (exact) mass is 415 g/mol. The molecule has 0 spiro atoms. The van der Waals surface area contributed by atoms with Crippen LogP contribution in [0.4, 0.5) is 13.2 Å². The first-order valence-electron chi connectivity index (χ1n) is 9.62. The van der Waals surface area contributed by atoms with Gasteiger partial charge in [-0.1, -0.05) is 66.7 Å². The van der Waals surface area contributed by atoms with Crippen molar-refractivity contribution in [3.05, 3.63) is 89.5 Å². The van der Waals surface area contributed by atoms with Crippen LogP contribution in [0.5, 0.6) is 5.75 Å². The van der Waals surface area contributed by atoms with Crippen molar-refractivity contribution in [3.8, 4) is 16.9 Å². The van der Waals surface area contributed by atoms with Gasteiger partial charge in [0.25, 0.3) is 0 Å². The van der Waals surface area contributed by atoms with Crippen molar-refractivity contribution >= 4 is 0 Å². The quantitative estimate of drug-likeness (QED) is 0.515. The predicted molar refractivity (Wildman–Crippen MR) is 111 cm³/mol. The molecule has 0 unspecified atom stereocenters. The summed E-state index contributed by atoms with van der Waals surface area (Å²) < 4.78 is 47.7. The number of aliphatic hydroxyl groups is 1. The van der Waals surface area contributed by atoms with E-state index in [9.17, 15) is 18.3 Å². The normalized spacial score (nSPS) is 13.7. The third-order valence-electron chi connectivity index (χ3n) is 5.04. The second kappa shape index (κ2) is 9.32. The molecule has 0 fully saturated rings. The SMILES string of the molecule is COc1ccc([C@@H](O)CN[C@H](C)c2ccccc2)c(C(F)(F)F)c1-c1ccccc1. The Bertz CT molecular complexity index is 959. The van der Waals surface area contributed by atoms with Gasteiger partial charge in [0.05, 0.1) is 18.8 Å². The third kappa shape index (κ3) is 4.83. The van der Waals surface area contributed by atoms with Gasteiger partial charge in [0.1, 0.15) is 5.75 Å². The van der Waals surface area contributed by atoms with Crippen LogP contribution in [-0.4, -0.2) is 18.8 Å². The minimum Gasteiger partial charge on any atom is -0.496 e. The third-order valence-corrected chi connectivity index (χ3v) is 5.04. The molecule has 0 bridgehead atoms. The molecule has 158 valence electrons. The van der Waals surface area contributed by atoms with E-state index in [0.717, 1.165) is 5.56 Å². The van der Waals surface area contributed by atoms with Crippen LogP contribution in [0.2, 0.25) is 0 Å². The number of benzene rings is 3. The summed E-state index contributed by atoms with van der Waals surface area (Å²) in [6.07, 6.45) is -6.01. The highest BCUT2D eigenvalue weighted by Gasteiger charge is 2.39. The van der Waals surface area contributed by atoms with E-state index in [4.69, 9.17) is 4.74 Å². The Morgan fingerprint density at radius 3 is 2.10 bits per heavy atom. The molecule has 0 aliphatic rings. The van der Waals surface area contributed by atoms with E-state index in [1.807, 2.05) is 37.3 Å². The molecule has 0 heterocycles. The number of alkyl halides is 3. The average Bonchev–Trinajstić information content (AvgIpc) is 2.76. The van der Waals surface area contributed by atoms with Gasteiger partial charge in [-0.15, -0.1) is 0 Å². The Morgan fingerprint density at radius 1 is 0.933 bits per heavy atom. The Hall–Kier alpha value is -2.83. The number of ether oxygens (including phenoxy) is 1. The predicted octanol–water partition coefficient (Wildman–Crippen LogP) is 5.77. The van der Waals surface area contributed by atoms with E-state index in [-0.39, 0.29) is 29.5 Å². The minimum absolute atomic E-state index is 0.0281. The van der Waals surface area contributed by atoms with E-state index in [1.54, 1.807) is 30.3 Å². The van der Waals surface area contributed by atoms with Gasteiger partial charge in [0.2, 0.25) is 0 Å². The molecular weight excluding hydrogens is 391 g/mol. The fourth-order valence-corrected chi connectivity index (χ4v) is 3.50. The lowest BCUT2D eigenvalue weighted by atomic mass is 9.91. The molecule has 30 heavy (non-hydrogen) atoms. The lowest BCUT2D eigenvalue weighted by Gasteiger charge is -2.24. The summed E-state index contributed by atoms with van der Waals surface area (Å²) in [4.78, 5) is 0. The maximum Gasteiger partial charge on any atom is 0.417 e. The molecule has 3 aromatic rings. The molecule has 0 saturated heterocycles. The van der Waals surface area contributed by atoms with E-state index < -0.39 is 17.8 Å². The van der Waals surface area contributed by atoms with Crippen LogP contribution in [0, 0.1) is 0 Å². The van der Waals surface area contributed by atoms with Gasteiger partial charge >= 0.3 is 6.18 Å². The minimum atomic E-state index is -4.67. The van der Waals surface area contributed by atoms with Crippen molar-refractivity contribution in [3.63, 3.8) is 0 Å². The number of hydrogen-bond donors (Lipinski definition) is 2. The van der Waals surface area contributed by atoms with Crippen LogP contribution in [0.3, 0.4) is 0 Å². The van der Waals surface area contributed by atoms with Crippen LogP contribution < -0.4 is 10.1 Å². The molecule has 3 nitrogen and oxygen atoms in total. The topological polar surface area (TPSA) is 41.5 Å². The van der Waals surface area contributed by atoms with Crippen molar-refractivity contribution in [2.45, 2.75) is 25.2 Å². The molecule has 0 aromatic heterocycles. The van der Waals surface area contributed by atoms with Gasteiger partial charge in [0, 0.05) is 18.2 Å². The summed E-state index contributed by atoms with van der Waals surface area (Å²) in [6, 6.07) is 20.4. The van der Waals surface area contributed by atoms with Crippen LogP contribution in [0.1, 0.15) is 35.8 Å².